The summed E-state index contributed by atoms with van der Waals surface area (Å²) in [6.07, 6.45) is 0.246. The van der Waals surface area contributed by atoms with Gasteiger partial charge in [0.15, 0.2) is 5.82 Å². The van der Waals surface area contributed by atoms with Crippen LogP contribution in [-0.4, -0.2) is 0 Å². The molecule has 0 aromatic heterocycles. The standard InChI is InChI=1S/C15H12ClFN2/c16-12-7-4-8-14(15(12)17)19-13(9-10-18)11-5-2-1-3-6-11/h1-8,13,19H,9H2. The third-order valence-corrected chi connectivity index (χ3v) is 3.07. The van der Waals surface area contributed by atoms with Crippen LogP contribution >= 0.6 is 11.6 Å². The molecule has 2 aromatic carbocycles. The molecule has 1 unspecified atom stereocenters. The summed E-state index contributed by atoms with van der Waals surface area (Å²) in [6.45, 7) is 0. The van der Waals surface area contributed by atoms with Crippen molar-refractivity contribution in [3.8, 4) is 6.07 Å². The van der Waals surface area contributed by atoms with Crippen LogP contribution in [-0.2, 0) is 0 Å². The van der Waals surface area contributed by atoms with E-state index < -0.39 is 5.82 Å². The lowest BCUT2D eigenvalue weighted by Crippen LogP contribution is -2.11. The van der Waals surface area contributed by atoms with Gasteiger partial charge >= 0.3 is 0 Å². The summed E-state index contributed by atoms with van der Waals surface area (Å²) in [4.78, 5) is 0. The number of hydrogen-bond donors (Lipinski definition) is 1. The number of nitrogens with zero attached hydrogens (tertiary/aromatic N) is 1. The molecule has 2 nitrogen and oxygen atoms in total. The molecule has 0 saturated heterocycles. The number of nitrogens with one attached hydrogen (secondary N) is 1. The molecule has 1 N–H and O–H groups in total. The Kier molecular flexibility index (Phi) is 4.38. The zero-order valence-corrected chi connectivity index (χ0v) is 10.9. The van der Waals surface area contributed by atoms with E-state index in [1.807, 2.05) is 30.3 Å². The topological polar surface area (TPSA) is 35.8 Å². The number of nitriles is 1. The van der Waals surface area contributed by atoms with Crippen LogP contribution in [0.4, 0.5) is 10.1 Å². The van der Waals surface area contributed by atoms with Gasteiger partial charge in [-0.1, -0.05) is 48.0 Å². The van der Waals surface area contributed by atoms with E-state index in [2.05, 4.69) is 11.4 Å². The van der Waals surface area contributed by atoms with E-state index >= 15 is 0 Å². The predicted octanol–water partition coefficient (Wildman–Crippen LogP) is 4.55. The van der Waals surface area contributed by atoms with Crippen molar-refractivity contribution in [3.63, 3.8) is 0 Å². The fourth-order valence-electron chi connectivity index (χ4n) is 1.83. The van der Waals surface area contributed by atoms with Crippen LogP contribution in [0.25, 0.3) is 0 Å². The molecule has 0 aliphatic heterocycles. The van der Waals surface area contributed by atoms with E-state index in [1.165, 1.54) is 6.07 Å². The quantitative estimate of drug-likeness (QED) is 0.888. The molecule has 4 heteroatoms. The summed E-state index contributed by atoms with van der Waals surface area (Å²) in [5.41, 5.74) is 1.24. The van der Waals surface area contributed by atoms with E-state index in [9.17, 15) is 4.39 Å². The van der Waals surface area contributed by atoms with Gasteiger partial charge in [0.25, 0.3) is 0 Å². The second-order valence-corrected chi connectivity index (χ2v) is 4.48. The zero-order valence-electron chi connectivity index (χ0n) is 10.1. The number of halogens is 2. The van der Waals surface area contributed by atoms with Gasteiger partial charge in [-0.25, -0.2) is 4.39 Å². The minimum absolute atomic E-state index is 0.0637. The van der Waals surface area contributed by atoms with Gasteiger partial charge in [-0.15, -0.1) is 0 Å². The van der Waals surface area contributed by atoms with Crippen LogP contribution in [0.3, 0.4) is 0 Å². The molecular weight excluding hydrogens is 263 g/mol. The fourth-order valence-corrected chi connectivity index (χ4v) is 2.01. The van der Waals surface area contributed by atoms with Crippen LogP contribution in [0.1, 0.15) is 18.0 Å². The lowest BCUT2D eigenvalue weighted by Gasteiger charge is -2.18. The van der Waals surface area contributed by atoms with Crippen molar-refractivity contribution in [2.24, 2.45) is 0 Å². The minimum atomic E-state index is -0.497. The summed E-state index contributed by atoms with van der Waals surface area (Å²) < 4.78 is 13.8. The van der Waals surface area contributed by atoms with E-state index in [1.54, 1.807) is 12.1 Å². The molecular formula is C15H12ClFN2. The number of hydrogen-bond acceptors (Lipinski definition) is 2. The summed E-state index contributed by atoms with van der Waals surface area (Å²) in [5.74, 6) is -0.497. The highest BCUT2D eigenvalue weighted by Gasteiger charge is 2.14. The van der Waals surface area contributed by atoms with Gasteiger partial charge < -0.3 is 5.32 Å². The van der Waals surface area contributed by atoms with Gasteiger partial charge in [0.2, 0.25) is 0 Å². The Morgan fingerprint density at radius 3 is 2.58 bits per heavy atom. The maximum absolute atomic E-state index is 13.8. The van der Waals surface area contributed by atoms with Gasteiger partial charge in [0.05, 0.1) is 29.2 Å². The van der Waals surface area contributed by atoms with Gasteiger partial charge in [-0.3, -0.25) is 0 Å². The highest BCUT2D eigenvalue weighted by Crippen LogP contribution is 2.27. The lowest BCUT2D eigenvalue weighted by atomic mass is 10.0. The predicted molar refractivity (Wildman–Crippen MR) is 74.4 cm³/mol. The van der Waals surface area contributed by atoms with E-state index in [4.69, 9.17) is 16.9 Å². The molecule has 0 spiro atoms. The first-order valence-electron chi connectivity index (χ1n) is 5.85. The Balaban J connectivity index is 2.27. The van der Waals surface area contributed by atoms with Crippen molar-refractivity contribution in [1.29, 1.82) is 5.26 Å². The van der Waals surface area contributed by atoms with Crippen LogP contribution in [0, 0.1) is 17.1 Å². The third-order valence-electron chi connectivity index (χ3n) is 2.78. The molecule has 0 aliphatic carbocycles. The van der Waals surface area contributed by atoms with Crippen molar-refractivity contribution in [3.05, 3.63) is 64.9 Å². The summed E-state index contributed by atoms with van der Waals surface area (Å²) in [5, 5.41) is 12.0. The van der Waals surface area contributed by atoms with Crippen molar-refractivity contribution >= 4 is 17.3 Å². The first kappa shape index (κ1) is 13.4. The fraction of sp³-hybridized carbons (Fsp3) is 0.133. The largest absolute Gasteiger partial charge is 0.375 e. The Morgan fingerprint density at radius 1 is 1.16 bits per heavy atom. The van der Waals surface area contributed by atoms with Crippen LogP contribution in [0.2, 0.25) is 5.02 Å². The zero-order chi connectivity index (χ0) is 13.7. The molecule has 0 fully saturated rings. The van der Waals surface area contributed by atoms with Crippen LogP contribution in [0.5, 0.6) is 0 Å². The summed E-state index contributed by atoms with van der Waals surface area (Å²) >= 11 is 5.74. The average molecular weight is 275 g/mol. The molecule has 0 amide bonds. The van der Waals surface area contributed by atoms with E-state index in [-0.39, 0.29) is 17.5 Å². The average Bonchev–Trinajstić information content (AvgIpc) is 2.44. The summed E-state index contributed by atoms with van der Waals surface area (Å²) in [7, 11) is 0. The van der Waals surface area contributed by atoms with Crippen molar-refractivity contribution in [2.75, 3.05) is 5.32 Å². The number of anilines is 1. The third kappa shape index (κ3) is 3.24. The van der Waals surface area contributed by atoms with Crippen LogP contribution < -0.4 is 5.32 Å². The molecule has 96 valence electrons. The van der Waals surface area contributed by atoms with Crippen molar-refractivity contribution in [1.82, 2.24) is 0 Å². The molecule has 0 radical (unpaired) electrons. The Hall–Kier alpha value is -2.05. The molecule has 19 heavy (non-hydrogen) atoms. The Labute approximate surface area is 116 Å². The normalized spacial score (nSPS) is 11.6. The van der Waals surface area contributed by atoms with E-state index in [0.29, 0.717) is 5.69 Å². The minimum Gasteiger partial charge on any atom is -0.375 e. The molecule has 0 bridgehead atoms. The van der Waals surface area contributed by atoms with Gasteiger partial charge in [0, 0.05) is 0 Å². The molecule has 2 aromatic rings. The van der Waals surface area contributed by atoms with Crippen molar-refractivity contribution < 1.29 is 4.39 Å². The van der Waals surface area contributed by atoms with E-state index in [0.717, 1.165) is 5.56 Å². The monoisotopic (exact) mass is 274 g/mol. The highest BCUT2D eigenvalue weighted by atomic mass is 35.5. The van der Waals surface area contributed by atoms with Crippen molar-refractivity contribution in [2.45, 2.75) is 12.5 Å². The maximum Gasteiger partial charge on any atom is 0.164 e. The summed E-state index contributed by atoms with van der Waals surface area (Å²) in [6, 6.07) is 16.1. The lowest BCUT2D eigenvalue weighted by molar-refractivity contribution is 0.626. The van der Waals surface area contributed by atoms with Gasteiger partial charge in [-0.2, -0.15) is 5.26 Å². The van der Waals surface area contributed by atoms with Gasteiger partial charge in [-0.05, 0) is 17.7 Å². The molecule has 0 saturated carbocycles. The maximum atomic E-state index is 13.8. The molecule has 0 aliphatic rings. The first-order valence-corrected chi connectivity index (χ1v) is 6.22. The highest BCUT2D eigenvalue weighted by molar-refractivity contribution is 6.31. The second-order valence-electron chi connectivity index (χ2n) is 4.07. The first-order chi connectivity index (χ1) is 9.22. The number of rotatable bonds is 4. The molecule has 0 heterocycles. The molecule has 1 atom stereocenters. The second kappa shape index (κ2) is 6.21. The Bertz CT molecular complexity index is 593. The smallest absolute Gasteiger partial charge is 0.164 e. The SMILES string of the molecule is N#CCC(Nc1cccc(Cl)c1F)c1ccccc1. The molecule has 2 rings (SSSR count). The Morgan fingerprint density at radius 2 is 1.89 bits per heavy atom. The number of benzene rings is 2. The van der Waals surface area contributed by atoms with Crippen LogP contribution in [0.15, 0.2) is 48.5 Å². The van der Waals surface area contributed by atoms with Gasteiger partial charge in [0.1, 0.15) is 0 Å².